The van der Waals surface area contributed by atoms with E-state index in [4.69, 9.17) is 16.3 Å². The number of nitrogens with zero attached hydrogens (tertiary/aromatic N) is 2. The van der Waals surface area contributed by atoms with Crippen LogP contribution in [0.15, 0.2) is 36.4 Å². The van der Waals surface area contributed by atoms with Crippen molar-refractivity contribution in [3.63, 3.8) is 0 Å². The van der Waals surface area contributed by atoms with Crippen molar-refractivity contribution in [3.8, 4) is 11.3 Å². The Morgan fingerprint density at radius 2 is 2.06 bits per heavy atom. The third-order valence-corrected chi connectivity index (χ3v) is 6.25. The Kier molecular flexibility index (Phi) is 5.31. The molecule has 1 aromatic heterocycles. The fraction of sp³-hybridized carbons (Fsp3) is 0.292. The molecule has 1 fully saturated rings. The average molecular weight is 455 g/mol. The highest BCUT2D eigenvalue weighted by Crippen LogP contribution is 2.43. The first-order valence-corrected chi connectivity index (χ1v) is 10.8. The van der Waals surface area contributed by atoms with Gasteiger partial charge >= 0.3 is 5.97 Å². The Balaban J connectivity index is 1.63. The molecule has 1 saturated carbocycles. The molecule has 0 amide bonds. The second kappa shape index (κ2) is 8.15. The van der Waals surface area contributed by atoms with Crippen molar-refractivity contribution in [2.24, 2.45) is 0 Å². The van der Waals surface area contributed by atoms with Gasteiger partial charge in [-0.15, -0.1) is 0 Å². The number of aromatic nitrogens is 2. The van der Waals surface area contributed by atoms with Crippen LogP contribution in [-0.4, -0.2) is 35.4 Å². The number of esters is 1. The van der Waals surface area contributed by atoms with Gasteiger partial charge < -0.3 is 9.47 Å². The SMILES string of the molecule is COC(=O)c1ccc(-c2nn(C(=O)c3c(Cl)cccc3C3CC3)c3c2CCOC3)c(F)c1. The molecule has 3 aromatic rings. The van der Waals surface area contributed by atoms with Gasteiger partial charge in [0, 0.05) is 11.1 Å². The zero-order valence-corrected chi connectivity index (χ0v) is 18.1. The van der Waals surface area contributed by atoms with E-state index in [1.165, 1.54) is 23.9 Å². The van der Waals surface area contributed by atoms with E-state index < -0.39 is 11.8 Å². The number of carbonyl (C=O) groups excluding carboxylic acids is 2. The summed E-state index contributed by atoms with van der Waals surface area (Å²) in [7, 11) is 1.24. The fourth-order valence-electron chi connectivity index (χ4n) is 4.18. The third kappa shape index (κ3) is 3.51. The average Bonchev–Trinajstić information content (AvgIpc) is 3.58. The van der Waals surface area contributed by atoms with Gasteiger partial charge in [-0.25, -0.2) is 9.18 Å². The molecular formula is C24H20ClFN2O4. The fourth-order valence-corrected chi connectivity index (χ4v) is 4.45. The maximum atomic E-state index is 15.0. The molecule has 1 aliphatic carbocycles. The lowest BCUT2D eigenvalue weighted by Crippen LogP contribution is -2.21. The van der Waals surface area contributed by atoms with Crippen LogP contribution in [0.1, 0.15) is 56.3 Å². The van der Waals surface area contributed by atoms with E-state index in [2.05, 4.69) is 9.84 Å². The largest absolute Gasteiger partial charge is 0.465 e. The van der Waals surface area contributed by atoms with E-state index in [0.29, 0.717) is 40.9 Å². The van der Waals surface area contributed by atoms with Gasteiger partial charge in [0.25, 0.3) is 5.91 Å². The normalized spacial score (nSPS) is 15.3. The quantitative estimate of drug-likeness (QED) is 0.531. The van der Waals surface area contributed by atoms with Crippen LogP contribution in [0, 0.1) is 5.82 Å². The van der Waals surface area contributed by atoms with E-state index in [1.807, 2.05) is 12.1 Å². The highest BCUT2D eigenvalue weighted by molar-refractivity contribution is 6.34. The summed E-state index contributed by atoms with van der Waals surface area (Å²) in [6, 6.07) is 9.55. The van der Waals surface area contributed by atoms with Gasteiger partial charge in [-0.3, -0.25) is 4.79 Å². The van der Waals surface area contributed by atoms with Gasteiger partial charge in [0.2, 0.25) is 0 Å². The first kappa shape index (κ1) is 20.8. The van der Waals surface area contributed by atoms with Crippen LogP contribution in [0.2, 0.25) is 5.02 Å². The minimum absolute atomic E-state index is 0.103. The highest BCUT2D eigenvalue weighted by atomic mass is 35.5. The van der Waals surface area contributed by atoms with Gasteiger partial charge in [-0.05, 0) is 55.0 Å². The predicted molar refractivity (Wildman–Crippen MR) is 115 cm³/mol. The molecule has 2 heterocycles. The van der Waals surface area contributed by atoms with Crippen LogP contribution in [0.4, 0.5) is 4.39 Å². The van der Waals surface area contributed by atoms with Gasteiger partial charge in [0.05, 0.1) is 47.9 Å². The summed E-state index contributed by atoms with van der Waals surface area (Å²) in [5.74, 6) is -1.27. The molecule has 6 nitrogen and oxygen atoms in total. The second-order valence-corrected chi connectivity index (χ2v) is 8.37. The zero-order valence-electron chi connectivity index (χ0n) is 17.4. The number of fused-ring (bicyclic) bond motifs is 1. The molecule has 32 heavy (non-hydrogen) atoms. The topological polar surface area (TPSA) is 70.4 Å². The predicted octanol–water partition coefficient (Wildman–Crippen LogP) is 4.77. The first-order chi connectivity index (χ1) is 15.5. The first-order valence-electron chi connectivity index (χ1n) is 10.4. The van der Waals surface area contributed by atoms with Crippen molar-refractivity contribution in [3.05, 3.63) is 75.2 Å². The van der Waals surface area contributed by atoms with Crippen molar-refractivity contribution in [1.29, 1.82) is 0 Å². The second-order valence-electron chi connectivity index (χ2n) is 7.96. The van der Waals surface area contributed by atoms with E-state index in [1.54, 1.807) is 6.07 Å². The van der Waals surface area contributed by atoms with Crippen LogP contribution >= 0.6 is 11.6 Å². The van der Waals surface area contributed by atoms with Crippen molar-refractivity contribution in [2.75, 3.05) is 13.7 Å². The van der Waals surface area contributed by atoms with Gasteiger partial charge in [0.1, 0.15) is 5.82 Å². The number of hydrogen-bond acceptors (Lipinski definition) is 5. The Labute approximate surface area is 188 Å². The Hall–Kier alpha value is -3.03. The minimum atomic E-state index is -0.627. The number of halogens is 2. The highest BCUT2D eigenvalue weighted by Gasteiger charge is 2.33. The van der Waals surface area contributed by atoms with Crippen LogP contribution < -0.4 is 0 Å². The summed E-state index contributed by atoms with van der Waals surface area (Å²) in [5, 5.41) is 4.90. The van der Waals surface area contributed by atoms with Crippen molar-refractivity contribution in [1.82, 2.24) is 9.78 Å². The summed E-state index contributed by atoms with van der Waals surface area (Å²) < 4.78 is 26.5. The number of carbonyl (C=O) groups is 2. The summed E-state index contributed by atoms with van der Waals surface area (Å²) in [4.78, 5) is 25.3. The molecule has 1 aliphatic heterocycles. The van der Waals surface area contributed by atoms with Crippen molar-refractivity contribution >= 4 is 23.5 Å². The molecule has 2 aliphatic rings. The molecule has 0 N–H and O–H groups in total. The molecule has 8 heteroatoms. The van der Waals surface area contributed by atoms with Crippen LogP contribution in [0.3, 0.4) is 0 Å². The molecule has 0 bridgehead atoms. The third-order valence-electron chi connectivity index (χ3n) is 5.94. The molecular weight excluding hydrogens is 435 g/mol. The van der Waals surface area contributed by atoms with E-state index in [-0.39, 0.29) is 23.6 Å². The number of hydrogen-bond donors (Lipinski definition) is 0. The number of ether oxygens (including phenoxy) is 2. The van der Waals surface area contributed by atoms with Crippen molar-refractivity contribution < 1.29 is 23.5 Å². The lowest BCUT2D eigenvalue weighted by molar-refractivity contribution is 0.0600. The lowest BCUT2D eigenvalue weighted by Gasteiger charge is -2.16. The number of benzene rings is 2. The molecule has 0 unspecified atom stereocenters. The zero-order chi connectivity index (χ0) is 22.4. The van der Waals surface area contributed by atoms with E-state index in [0.717, 1.165) is 30.0 Å². The van der Waals surface area contributed by atoms with E-state index in [9.17, 15) is 14.0 Å². The summed E-state index contributed by atoms with van der Waals surface area (Å²) in [5.41, 5.74) is 3.38. The van der Waals surface area contributed by atoms with Crippen LogP contribution in [0.25, 0.3) is 11.3 Å². The molecule has 5 rings (SSSR count). The molecule has 0 spiro atoms. The lowest BCUT2D eigenvalue weighted by atomic mass is 10.00. The summed E-state index contributed by atoms with van der Waals surface area (Å²) in [6.07, 6.45) is 2.53. The monoisotopic (exact) mass is 454 g/mol. The Bertz CT molecular complexity index is 1250. The smallest absolute Gasteiger partial charge is 0.337 e. The molecule has 0 atom stereocenters. The van der Waals surface area contributed by atoms with Crippen molar-refractivity contribution in [2.45, 2.75) is 31.8 Å². The molecule has 0 saturated heterocycles. The number of methoxy groups -OCH3 is 1. The van der Waals surface area contributed by atoms with E-state index >= 15 is 0 Å². The summed E-state index contributed by atoms with van der Waals surface area (Å²) in [6.45, 7) is 0.639. The van der Waals surface area contributed by atoms with Crippen LogP contribution in [-0.2, 0) is 22.5 Å². The Morgan fingerprint density at radius 1 is 1.25 bits per heavy atom. The summed E-state index contributed by atoms with van der Waals surface area (Å²) >= 11 is 6.44. The van der Waals surface area contributed by atoms with Gasteiger partial charge in [0.15, 0.2) is 0 Å². The molecule has 0 radical (unpaired) electrons. The Morgan fingerprint density at radius 3 is 2.78 bits per heavy atom. The minimum Gasteiger partial charge on any atom is -0.465 e. The van der Waals surface area contributed by atoms with Crippen LogP contribution in [0.5, 0.6) is 0 Å². The standard InChI is InChI=1S/C24H20ClFN2O4/c1-31-24(30)14-7-8-16(19(26)11-14)22-17-9-10-32-12-20(17)28(27-22)23(29)21-15(13-5-6-13)3-2-4-18(21)25/h2-4,7-8,11,13H,5-6,9-10,12H2,1H3. The van der Waals surface area contributed by atoms with Gasteiger partial charge in [-0.1, -0.05) is 23.7 Å². The molecule has 164 valence electrons. The molecule has 2 aromatic carbocycles. The van der Waals surface area contributed by atoms with Gasteiger partial charge in [-0.2, -0.15) is 9.78 Å². The number of rotatable bonds is 4. The maximum absolute atomic E-state index is 15.0. The maximum Gasteiger partial charge on any atom is 0.337 e.